The highest BCUT2D eigenvalue weighted by Crippen LogP contribution is 2.31. The van der Waals surface area contributed by atoms with Gasteiger partial charge in [0.25, 0.3) is 5.92 Å². The lowest BCUT2D eigenvalue weighted by Crippen LogP contribution is -2.51. The number of ether oxygens (including phenoxy) is 1. The first-order valence-corrected chi connectivity index (χ1v) is 12.9. The van der Waals surface area contributed by atoms with Crippen molar-refractivity contribution in [1.29, 1.82) is 0 Å². The number of H-pyrrole nitrogens is 1. The zero-order chi connectivity index (χ0) is 20.5. The van der Waals surface area contributed by atoms with Crippen LogP contribution in [-0.2, 0) is 11.2 Å². The Bertz CT molecular complexity index is 836. The molecule has 1 aliphatic rings. The van der Waals surface area contributed by atoms with E-state index in [1.54, 1.807) is 4.90 Å². The van der Waals surface area contributed by atoms with Gasteiger partial charge in [0.2, 0.25) is 0 Å². The number of fused-ring (bicyclic) bond motifs is 1. The van der Waals surface area contributed by atoms with Crippen molar-refractivity contribution in [2.24, 2.45) is 0 Å². The Balaban J connectivity index is 2.02. The fourth-order valence-electron chi connectivity index (χ4n) is 4.61. The Kier molecular flexibility index (Phi) is 5.89. The highest BCUT2D eigenvalue weighted by molar-refractivity contribution is 6.91. The quantitative estimate of drug-likeness (QED) is 0.636. The van der Waals surface area contributed by atoms with Gasteiger partial charge in [0.05, 0.1) is 6.54 Å². The van der Waals surface area contributed by atoms with Gasteiger partial charge in [-0.05, 0) is 31.6 Å². The molecule has 1 N–H and O–H groups in total. The molecule has 2 aromatic rings. The SMILES string of the molecule is C=C1OCC(F)(F)CN1[C@H](C)Cc1c([Si](CC)(CC)CC)[nH]c2ccccc12. The smallest absolute Gasteiger partial charge is 0.298 e. The molecule has 6 heteroatoms. The van der Waals surface area contributed by atoms with Crippen LogP contribution in [0.3, 0.4) is 0 Å². The average molecular weight is 407 g/mol. The molecule has 0 saturated carbocycles. The summed E-state index contributed by atoms with van der Waals surface area (Å²) < 4.78 is 33.1. The molecule has 1 aliphatic heterocycles. The number of para-hydroxylation sites is 1. The third-order valence-electron chi connectivity index (χ3n) is 6.58. The van der Waals surface area contributed by atoms with E-state index in [-0.39, 0.29) is 12.6 Å². The molecule has 2 heterocycles. The lowest BCUT2D eigenvalue weighted by atomic mass is 10.0. The monoisotopic (exact) mass is 406 g/mol. The van der Waals surface area contributed by atoms with Gasteiger partial charge in [-0.1, -0.05) is 57.1 Å². The van der Waals surface area contributed by atoms with Crippen LogP contribution in [0.1, 0.15) is 33.3 Å². The lowest BCUT2D eigenvalue weighted by molar-refractivity contribution is -0.135. The Hall–Kier alpha value is -1.82. The fraction of sp³-hybridized carbons (Fsp3) is 0.545. The molecule has 0 amide bonds. The van der Waals surface area contributed by atoms with Crippen molar-refractivity contribution < 1.29 is 13.5 Å². The summed E-state index contributed by atoms with van der Waals surface area (Å²) in [4.78, 5) is 5.36. The van der Waals surface area contributed by atoms with Crippen molar-refractivity contribution in [3.8, 4) is 0 Å². The van der Waals surface area contributed by atoms with Gasteiger partial charge in [0.15, 0.2) is 12.5 Å². The summed E-state index contributed by atoms with van der Waals surface area (Å²) in [5.41, 5.74) is 2.44. The molecule has 0 spiro atoms. The molecule has 154 valence electrons. The summed E-state index contributed by atoms with van der Waals surface area (Å²) in [6.45, 7) is 11.8. The van der Waals surface area contributed by atoms with Gasteiger partial charge in [0, 0.05) is 22.3 Å². The van der Waals surface area contributed by atoms with E-state index < -0.39 is 20.6 Å². The Labute approximate surface area is 167 Å². The van der Waals surface area contributed by atoms with Gasteiger partial charge in [-0.15, -0.1) is 0 Å². The van der Waals surface area contributed by atoms with Crippen LogP contribution < -0.4 is 5.32 Å². The van der Waals surface area contributed by atoms with E-state index in [1.165, 1.54) is 34.4 Å². The van der Waals surface area contributed by atoms with Crippen molar-refractivity contribution in [3.63, 3.8) is 0 Å². The van der Waals surface area contributed by atoms with Crippen molar-refractivity contribution in [1.82, 2.24) is 9.88 Å². The number of alkyl halides is 2. The first kappa shape index (κ1) is 20.9. The van der Waals surface area contributed by atoms with Gasteiger partial charge >= 0.3 is 0 Å². The molecule has 3 nitrogen and oxygen atoms in total. The first-order chi connectivity index (χ1) is 13.3. The number of nitrogens with zero attached hydrogens (tertiary/aromatic N) is 1. The zero-order valence-corrected chi connectivity index (χ0v) is 18.4. The Morgan fingerprint density at radius 1 is 1.21 bits per heavy atom. The van der Waals surface area contributed by atoms with Gasteiger partial charge < -0.3 is 14.6 Å². The molecule has 1 saturated heterocycles. The van der Waals surface area contributed by atoms with Gasteiger partial charge in [-0.25, -0.2) is 8.78 Å². The van der Waals surface area contributed by atoms with Crippen LogP contribution in [0.2, 0.25) is 18.1 Å². The molecule has 28 heavy (non-hydrogen) atoms. The summed E-state index contributed by atoms with van der Waals surface area (Å²) >= 11 is 0. The summed E-state index contributed by atoms with van der Waals surface area (Å²) in [6, 6.07) is 11.8. The largest absolute Gasteiger partial charge is 0.473 e. The molecule has 0 unspecified atom stereocenters. The van der Waals surface area contributed by atoms with E-state index in [0.717, 1.165) is 5.52 Å². The normalized spacial score (nSPS) is 18.4. The standard InChI is InChI=1S/C22H32F2N2OSi/c1-6-28(7-2,8-3)21-19(18-11-9-10-12-20(18)25-21)13-16(4)26-14-22(23,24)15-27-17(26)5/h9-12,16,25H,5-8,13-15H2,1-4H3/t16-/m1/s1. The second-order valence-electron chi connectivity index (χ2n) is 8.08. The van der Waals surface area contributed by atoms with Crippen molar-refractivity contribution in [3.05, 3.63) is 42.3 Å². The molecule has 0 bridgehead atoms. The first-order valence-electron chi connectivity index (χ1n) is 10.3. The maximum Gasteiger partial charge on any atom is 0.298 e. The summed E-state index contributed by atoms with van der Waals surface area (Å²) in [6.07, 6.45) is 0.701. The molecule has 1 aromatic carbocycles. The number of hydrogen-bond acceptors (Lipinski definition) is 2. The van der Waals surface area contributed by atoms with E-state index in [0.29, 0.717) is 12.3 Å². The highest BCUT2D eigenvalue weighted by Gasteiger charge is 2.41. The zero-order valence-electron chi connectivity index (χ0n) is 17.4. The van der Waals surface area contributed by atoms with E-state index in [4.69, 9.17) is 4.74 Å². The Morgan fingerprint density at radius 3 is 2.50 bits per heavy atom. The minimum absolute atomic E-state index is 0.117. The minimum Gasteiger partial charge on any atom is -0.473 e. The van der Waals surface area contributed by atoms with Crippen molar-refractivity contribution in [2.75, 3.05) is 13.2 Å². The van der Waals surface area contributed by atoms with Crippen LogP contribution in [0.5, 0.6) is 0 Å². The van der Waals surface area contributed by atoms with Crippen LogP contribution in [0.15, 0.2) is 36.7 Å². The number of hydrogen-bond donors (Lipinski definition) is 1. The molecule has 1 aromatic heterocycles. The maximum absolute atomic E-state index is 13.9. The molecular formula is C22H32F2N2OSi. The molecule has 1 fully saturated rings. The van der Waals surface area contributed by atoms with Crippen LogP contribution in [-0.4, -0.2) is 43.1 Å². The summed E-state index contributed by atoms with van der Waals surface area (Å²) in [7, 11) is -1.66. The van der Waals surface area contributed by atoms with Gasteiger partial charge in [0.1, 0.15) is 8.07 Å². The Morgan fingerprint density at radius 2 is 1.86 bits per heavy atom. The van der Waals surface area contributed by atoms with Crippen LogP contribution >= 0.6 is 0 Å². The van der Waals surface area contributed by atoms with Crippen LogP contribution in [0.4, 0.5) is 8.78 Å². The number of halogens is 2. The number of aromatic nitrogens is 1. The van der Waals surface area contributed by atoms with Gasteiger partial charge in [-0.2, -0.15) is 0 Å². The predicted molar refractivity (Wildman–Crippen MR) is 115 cm³/mol. The molecule has 3 rings (SSSR count). The second-order valence-corrected chi connectivity index (χ2v) is 13.3. The van der Waals surface area contributed by atoms with Crippen LogP contribution in [0.25, 0.3) is 10.9 Å². The van der Waals surface area contributed by atoms with E-state index in [2.05, 4.69) is 50.5 Å². The number of benzene rings is 1. The second kappa shape index (κ2) is 7.89. The van der Waals surface area contributed by atoms with Crippen molar-refractivity contribution >= 4 is 24.3 Å². The molecule has 0 radical (unpaired) electrons. The number of rotatable bonds is 7. The minimum atomic E-state index is -2.84. The van der Waals surface area contributed by atoms with Crippen LogP contribution in [0, 0.1) is 0 Å². The fourth-order valence-corrected chi connectivity index (χ4v) is 8.44. The molecular weight excluding hydrogens is 374 g/mol. The maximum atomic E-state index is 13.9. The van der Waals surface area contributed by atoms with E-state index in [9.17, 15) is 8.78 Å². The molecule has 1 atom stereocenters. The summed E-state index contributed by atoms with van der Waals surface area (Å²) in [5, 5.41) is 2.61. The molecule has 0 aliphatic carbocycles. The number of aromatic amines is 1. The van der Waals surface area contributed by atoms with E-state index in [1.807, 2.05) is 13.0 Å². The van der Waals surface area contributed by atoms with E-state index >= 15 is 0 Å². The highest BCUT2D eigenvalue weighted by atomic mass is 28.3. The van der Waals surface area contributed by atoms with Crippen molar-refractivity contribution in [2.45, 2.75) is 64.2 Å². The van der Waals surface area contributed by atoms with Gasteiger partial charge in [-0.3, -0.25) is 0 Å². The third-order valence-corrected chi connectivity index (χ3v) is 12.1. The average Bonchev–Trinajstić information content (AvgIpc) is 3.05. The lowest BCUT2D eigenvalue weighted by Gasteiger charge is -2.39. The number of nitrogens with one attached hydrogen (secondary N) is 1. The third kappa shape index (κ3) is 3.71. The topological polar surface area (TPSA) is 28.3 Å². The predicted octanol–water partition coefficient (Wildman–Crippen LogP) is 5.25. The summed E-state index contributed by atoms with van der Waals surface area (Å²) in [5.74, 6) is -2.49.